The molecule has 2 aromatic heterocycles. The van der Waals surface area contributed by atoms with E-state index in [9.17, 15) is 35.9 Å². The van der Waals surface area contributed by atoms with Crippen LogP contribution in [0, 0.1) is 6.92 Å². The standard InChI is InChI=1S/C19H15F6N7O2/c1-8(16-30-9(2)31-32(16)14-7-27-13(6-28-14)15(26)33)29-17(34)10-3-11(18(20,21)22)5-12(4-10)19(23,24)25/h3-8H,1-2H3,(H2,26,33)(H,29,34)/t8-/m0/s1. The lowest BCUT2D eigenvalue weighted by Gasteiger charge is -2.17. The van der Waals surface area contributed by atoms with Crippen molar-refractivity contribution < 1.29 is 35.9 Å². The van der Waals surface area contributed by atoms with Gasteiger partial charge in [0.1, 0.15) is 11.5 Å². The SMILES string of the molecule is Cc1nc([C@H](C)NC(=O)c2cc(C(F)(F)F)cc(C(F)(F)F)c2)n(-c2cnc(C(N)=O)cn2)n1. The number of nitrogens with one attached hydrogen (secondary N) is 1. The van der Waals surface area contributed by atoms with Gasteiger partial charge < -0.3 is 11.1 Å². The molecule has 180 valence electrons. The Morgan fingerprint density at radius 2 is 1.59 bits per heavy atom. The molecular weight excluding hydrogens is 472 g/mol. The van der Waals surface area contributed by atoms with Crippen LogP contribution in [0.5, 0.6) is 0 Å². The van der Waals surface area contributed by atoms with E-state index in [1.165, 1.54) is 13.8 Å². The lowest BCUT2D eigenvalue weighted by atomic mass is 10.0. The van der Waals surface area contributed by atoms with Gasteiger partial charge in [-0.1, -0.05) is 0 Å². The van der Waals surface area contributed by atoms with Crippen molar-refractivity contribution >= 4 is 11.8 Å². The number of alkyl halides is 6. The second-order valence-corrected chi connectivity index (χ2v) is 7.04. The fourth-order valence-electron chi connectivity index (χ4n) is 2.87. The monoisotopic (exact) mass is 487 g/mol. The molecule has 1 atom stereocenters. The van der Waals surface area contributed by atoms with Crippen LogP contribution in [0.25, 0.3) is 5.82 Å². The molecule has 0 aliphatic rings. The largest absolute Gasteiger partial charge is 0.416 e. The number of nitrogens with zero attached hydrogens (tertiary/aromatic N) is 5. The van der Waals surface area contributed by atoms with Crippen LogP contribution < -0.4 is 11.1 Å². The van der Waals surface area contributed by atoms with Gasteiger partial charge in [-0.3, -0.25) is 9.59 Å². The average Bonchev–Trinajstić information content (AvgIpc) is 3.14. The first-order chi connectivity index (χ1) is 15.7. The highest BCUT2D eigenvalue weighted by atomic mass is 19.4. The smallest absolute Gasteiger partial charge is 0.364 e. The zero-order valence-electron chi connectivity index (χ0n) is 17.4. The topological polar surface area (TPSA) is 129 Å². The van der Waals surface area contributed by atoms with E-state index >= 15 is 0 Å². The molecule has 34 heavy (non-hydrogen) atoms. The van der Waals surface area contributed by atoms with Crippen LogP contribution in [-0.2, 0) is 12.4 Å². The first kappa shape index (κ1) is 24.6. The van der Waals surface area contributed by atoms with Crippen molar-refractivity contribution in [1.29, 1.82) is 0 Å². The van der Waals surface area contributed by atoms with Crippen molar-refractivity contribution in [3.63, 3.8) is 0 Å². The average molecular weight is 487 g/mol. The second kappa shape index (κ2) is 8.72. The van der Waals surface area contributed by atoms with Crippen molar-refractivity contribution in [2.45, 2.75) is 32.2 Å². The van der Waals surface area contributed by atoms with Crippen LogP contribution in [0.15, 0.2) is 30.6 Å². The highest BCUT2D eigenvalue weighted by molar-refractivity contribution is 5.95. The number of amides is 2. The molecule has 15 heteroatoms. The molecule has 0 fully saturated rings. The van der Waals surface area contributed by atoms with E-state index in [0.717, 1.165) is 17.1 Å². The number of carbonyl (C=O) groups excluding carboxylic acids is 2. The quantitative estimate of drug-likeness (QED) is 0.533. The molecular formula is C19H15F6N7O2. The van der Waals surface area contributed by atoms with Gasteiger partial charge in [-0.2, -0.15) is 31.0 Å². The molecule has 0 radical (unpaired) electrons. The number of benzene rings is 1. The molecule has 0 unspecified atom stereocenters. The highest BCUT2D eigenvalue weighted by Crippen LogP contribution is 2.36. The van der Waals surface area contributed by atoms with Crippen LogP contribution in [-0.4, -0.2) is 36.5 Å². The number of aryl methyl sites for hydroxylation is 1. The summed E-state index contributed by atoms with van der Waals surface area (Å²) in [5.74, 6) is -1.69. The lowest BCUT2D eigenvalue weighted by Crippen LogP contribution is -2.29. The summed E-state index contributed by atoms with van der Waals surface area (Å²) in [5, 5.41) is 6.39. The maximum Gasteiger partial charge on any atom is 0.416 e. The molecule has 3 aromatic rings. The van der Waals surface area contributed by atoms with Gasteiger partial charge in [0.25, 0.3) is 11.8 Å². The summed E-state index contributed by atoms with van der Waals surface area (Å²) in [6.07, 6.45) is -7.98. The van der Waals surface area contributed by atoms with Crippen molar-refractivity contribution in [3.8, 4) is 5.82 Å². The van der Waals surface area contributed by atoms with Crippen molar-refractivity contribution in [2.75, 3.05) is 0 Å². The third-order valence-electron chi connectivity index (χ3n) is 4.43. The third-order valence-corrected chi connectivity index (χ3v) is 4.43. The Morgan fingerprint density at radius 3 is 2.06 bits per heavy atom. The summed E-state index contributed by atoms with van der Waals surface area (Å²) in [6.45, 7) is 2.89. The summed E-state index contributed by atoms with van der Waals surface area (Å²) in [7, 11) is 0. The number of hydrogen-bond donors (Lipinski definition) is 2. The molecule has 2 heterocycles. The maximum absolute atomic E-state index is 13.1. The van der Waals surface area contributed by atoms with Crippen LogP contribution in [0.1, 0.15) is 56.6 Å². The van der Waals surface area contributed by atoms with Gasteiger partial charge in [-0.15, -0.1) is 5.10 Å². The van der Waals surface area contributed by atoms with Crippen molar-refractivity contribution in [1.82, 2.24) is 30.0 Å². The Balaban J connectivity index is 1.93. The lowest BCUT2D eigenvalue weighted by molar-refractivity contribution is -0.143. The Morgan fingerprint density at radius 1 is 1.00 bits per heavy atom. The van der Waals surface area contributed by atoms with Crippen LogP contribution in [0.2, 0.25) is 0 Å². The van der Waals surface area contributed by atoms with Gasteiger partial charge in [0.05, 0.1) is 29.6 Å². The molecule has 0 bridgehead atoms. The molecule has 3 N–H and O–H groups in total. The Bertz CT molecular complexity index is 1200. The summed E-state index contributed by atoms with van der Waals surface area (Å²) >= 11 is 0. The number of aromatic nitrogens is 5. The number of primary amides is 1. The predicted molar refractivity (Wildman–Crippen MR) is 103 cm³/mol. The molecule has 0 aliphatic heterocycles. The molecule has 0 saturated heterocycles. The van der Waals surface area contributed by atoms with Gasteiger partial charge in [0, 0.05) is 5.56 Å². The zero-order chi connectivity index (χ0) is 25.4. The van der Waals surface area contributed by atoms with Gasteiger partial charge in [0.15, 0.2) is 11.6 Å². The fourth-order valence-corrected chi connectivity index (χ4v) is 2.87. The molecule has 9 nitrogen and oxygen atoms in total. The molecule has 1 aromatic carbocycles. The first-order valence-corrected chi connectivity index (χ1v) is 9.33. The molecule has 3 rings (SSSR count). The van der Waals surface area contributed by atoms with Crippen LogP contribution in [0.4, 0.5) is 26.3 Å². The maximum atomic E-state index is 13.1. The minimum atomic E-state index is -5.10. The normalized spacial score (nSPS) is 12.9. The Kier molecular flexibility index (Phi) is 6.31. The second-order valence-electron chi connectivity index (χ2n) is 7.04. The summed E-state index contributed by atoms with van der Waals surface area (Å²) in [4.78, 5) is 35.6. The van der Waals surface area contributed by atoms with Crippen LogP contribution >= 0.6 is 0 Å². The highest BCUT2D eigenvalue weighted by Gasteiger charge is 2.37. The molecule has 0 spiro atoms. The number of rotatable bonds is 5. The van der Waals surface area contributed by atoms with Gasteiger partial charge in [-0.05, 0) is 32.0 Å². The predicted octanol–water partition coefficient (Wildman–Crippen LogP) is 2.99. The van der Waals surface area contributed by atoms with E-state index in [2.05, 4.69) is 25.4 Å². The van der Waals surface area contributed by atoms with E-state index in [1.54, 1.807) is 0 Å². The van der Waals surface area contributed by atoms with E-state index in [4.69, 9.17) is 5.73 Å². The molecule has 0 saturated carbocycles. The van der Waals surface area contributed by atoms with E-state index < -0.39 is 46.9 Å². The summed E-state index contributed by atoms with van der Waals surface area (Å²) < 4.78 is 79.7. The Hall–Kier alpha value is -4.04. The Labute approximate surface area is 187 Å². The van der Waals surface area contributed by atoms with E-state index in [0.29, 0.717) is 12.1 Å². The third kappa shape index (κ3) is 5.29. The van der Waals surface area contributed by atoms with E-state index in [-0.39, 0.29) is 29.2 Å². The number of halogens is 6. The number of nitrogens with two attached hydrogens (primary N) is 1. The summed E-state index contributed by atoms with van der Waals surface area (Å²) in [6, 6.07) is -0.466. The van der Waals surface area contributed by atoms with Gasteiger partial charge >= 0.3 is 12.4 Å². The minimum Gasteiger partial charge on any atom is -0.364 e. The molecule has 0 aliphatic carbocycles. The summed E-state index contributed by atoms with van der Waals surface area (Å²) in [5.41, 5.74) is 0.887. The fraction of sp³-hybridized carbons (Fsp3) is 0.263. The first-order valence-electron chi connectivity index (χ1n) is 9.33. The van der Waals surface area contributed by atoms with Gasteiger partial charge in [-0.25, -0.2) is 15.0 Å². The number of hydrogen-bond acceptors (Lipinski definition) is 6. The zero-order valence-corrected chi connectivity index (χ0v) is 17.4. The number of carbonyl (C=O) groups is 2. The van der Waals surface area contributed by atoms with Crippen molar-refractivity contribution in [3.05, 3.63) is 64.6 Å². The minimum absolute atomic E-state index is 0.0509. The van der Waals surface area contributed by atoms with E-state index in [1.807, 2.05) is 0 Å². The van der Waals surface area contributed by atoms with Gasteiger partial charge in [0.2, 0.25) is 0 Å². The molecule has 2 amide bonds. The van der Waals surface area contributed by atoms with Crippen molar-refractivity contribution in [2.24, 2.45) is 5.73 Å². The van der Waals surface area contributed by atoms with Crippen LogP contribution in [0.3, 0.4) is 0 Å².